The number of nitrogens with zero attached hydrogens (tertiary/aromatic N) is 1. The molecule has 1 heterocycles. The highest BCUT2D eigenvalue weighted by Gasteiger charge is 2.29. The average molecular weight is 383 g/mol. The molecule has 1 aliphatic rings. The van der Waals surface area contributed by atoms with Gasteiger partial charge in [-0.15, -0.1) is 0 Å². The molecule has 2 rings (SSSR count). The van der Waals surface area contributed by atoms with E-state index in [4.69, 9.17) is 4.74 Å². The van der Waals surface area contributed by atoms with Gasteiger partial charge in [0.1, 0.15) is 5.75 Å². The fourth-order valence-electron chi connectivity index (χ4n) is 2.81. The molecule has 144 valence electrons. The number of ether oxygens (including phenoxy) is 1. The van der Waals surface area contributed by atoms with Gasteiger partial charge in [-0.3, -0.25) is 14.5 Å². The molecule has 0 aromatic heterocycles. The van der Waals surface area contributed by atoms with Gasteiger partial charge in [-0.25, -0.2) is 8.42 Å². The third-order valence-electron chi connectivity index (χ3n) is 4.16. The Morgan fingerprint density at radius 3 is 2.54 bits per heavy atom. The summed E-state index contributed by atoms with van der Waals surface area (Å²) in [5.74, 6) is 0.117. The van der Waals surface area contributed by atoms with Crippen molar-refractivity contribution in [1.82, 2.24) is 10.2 Å². The lowest BCUT2D eigenvalue weighted by Gasteiger charge is -2.21. The Morgan fingerprint density at radius 2 is 1.92 bits per heavy atom. The van der Waals surface area contributed by atoms with Crippen LogP contribution in [0.5, 0.6) is 5.75 Å². The van der Waals surface area contributed by atoms with Crippen molar-refractivity contribution >= 4 is 27.3 Å². The highest BCUT2D eigenvalue weighted by atomic mass is 32.2. The van der Waals surface area contributed by atoms with Crippen LogP contribution in [0.2, 0.25) is 0 Å². The Bertz CT molecular complexity index is 751. The van der Waals surface area contributed by atoms with Gasteiger partial charge >= 0.3 is 0 Å². The third kappa shape index (κ3) is 5.99. The van der Waals surface area contributed by atoms with Crippen molar-refractivity contribution in [3.63, 3.8) is 0 Å². The molecule has 9 heteroatoms. The summed E-state index contributed by atoms with van der Waals surface area (Å²) in [5.41, 5.74) is 0.566. The molecule has 0 bridgehead atoms. The second kappa shape index (κ2) is 9.00. The highest BCUT2D eigenvalue weighted by molar-refractivity contribution is 7.91. The number of rotatable bonds is 8. The van der Waals surface area contributed by atoms with Crippen molar-refractivity contribution < 1.29 is 22.7 Å². The summed E-state index contributed by atoms with van der Waals surface area (Å²) in [6.07, 6.45) is 0.439. The number of nitrogens with one attached hydrogen (secondary N) is 2. The topological polar surface area (TPSA) is 105 Å². The number of para-hydroxylation sites is 2. The lowest BCUT2D eigenvalue weighted by Crippen LogP contribution is -2.44. The number of carbonyl (C=O) groups is 2. The maximum absolute atomic E-state index is 12.2. The summed E-state index contributed by atoms with van der Waals surface area (Å²) >= 11 is 0. The molecule has 0 spiro atoms. The van der Waals surface area contributed by atoms with Gasteiger partial charge in [0.15, 0.2) is 9.84 Å². The van der Waals surface area contributed by atoms with Gasteiger partial charge in [-0.1, -0.05) is 19.1 Å². The van der Waals surface area contributed by atoms with Crippen LogP contribution in [0.1, 0.15) is 13.3 Å². The van der Waals surface area contributed by atoms with Crippen LogP contribution in [-0.2, 0) is 19.4 Å². The van der Waals surface area contributed by atoms with Gasteiger partial charge in [-0.2, -0.15) is 0 Å². The zero-order chi connectivity index (χ0) is 19.2. The minimum atomic E-state index is -3.04. The summed E-state index contributed by atoms with van der Waals surface area (Å²) in [6.45, 7) is 2.44. The van der Waals surface area contributed by atoms with Crippen molar-refractivity contribution in [2.45, 2.75) is 19.4 Å². The van der Waals surface area contributed by atoms with Crippen LogP contribution in [0, 0.1) is 0 Å². The molecular formula is C17H25N3O5S. The van der Waals surface area contributed by atoms with Crippen LogP contribution in [0.3, 0.4) is 0 Å². The molecule has 1 saturated heterocycles. The van der Waals surface area contributed by atoms with E-state index in [-0.39, 0.29) is 42.5 Å². The Labute approximate surface area is 153 Å². The van der Waals surface area contributed by atoms with Crippen LogP contribution < -0.4 is 15.4 Å². The first kappa shape index (κ1) is 20.2. The number of carbonyl (C=O) groups excluding carboxylic acids is 2. The molecule has 2 amide bonds. The van der Waals surface area contributed by atoms with E-state index in [9.17, 15) is 18.0 Å². The lowest BCUT2D eigenvalue weighted by atomic mass is 10.2. The van der Waals surface area contributed by atoms with Crippen molar-refractivity contribution in [3.8, 4) is 5.75 Å². The van der Waals surface area contributed by atoms with Gasteiger partial charge in [0.2, 0.25) is 11.8 Å². The number of methoxy groups -OCH3 is 1. The zero-order valence-corrected chi connectivity index (χ0v) is 15.8. The second-order valence-electron chi connectivity index (χ2n) is 6.22. The Morgan fingerprint density at radius 1 is 1.23 bits per heavy atom. The van der Waals surface area contributed by atoms with E-state index in [1.807, 2.05) is 6.92 Å². The van der Waals surface area contributed by atoms with E-state index in [0.717, 1.165) is 0 Å². The van der Waals surface area contributed by atoms with Crippen molar-refractivity contribution in [3.05, 3.63) is 24.3 Å². The van der Waals surface area contributed by atoms with E-state index in [1.54, 1.807) is 29.2 Å². The van der Waals surface area contributed by atoms with Gasteiger partial charge in [0, 0.05) is 6.04 Å². The fraction of sp³-hybridized carbons (Fsp3) is 0.529. The van der Waals surface area contributed by atoms with Crippen molar-refractivity contribution in [2.75, 3.05) is 43.6 Å². The van der Waals surface area contributed by atoms with Crippen LogP contribution in [0.4, 0.5) is 5.69 Å². The Kier molecular flexibility index (Phi) is 6.98. The summed E-state index contributed by atoms with van der Waals surface area (Å²) < 4.78 is 28.1. The summed E-state index contributed by atoms with van der Waals surface area (Å²) in [6, 6.07) is 6.74. The molecule has 1 aromatic rings. The molecule has 2 N–H and O–H groups in total. The molecule has 8 nitrogen and oxygen atoms in total. The van der Waals surface area contributed by atoms with E-state index < -0.39 is 9.84 Å². The fourth-order valence-corrected chi connectivity index (χ4v) is 4.48. The minimum Gasteiger partial charge on any atom is -0.495 e. The first-order chi connectivity index (χ1) is 12.3. The number of likely N-dealkylation sites (N-methyl/N-ethyl adjacent to an activating group) is 1. The molecular weight excluding hydrogens is 358 g/mol. The third-order valence-corrected chi connectivity index (χ3v) is 5.93. The molecule has 26 heavy (non-hydrogen) atoms. The highest BCUT2D eigenvalue weighted by Crippen LogP contribution is 2.22. The monoisotopic (exact) mass is 383 g/mol. The number of hydrogen-bond acceptors (Lipinski definition) is 6. The summed E-state index contributed by atoms with van der Waals surface area (Å²) in [5, 5.41) is 5.50. The summed E-state index contributed by atoms with van der Waals surface area (Å²) in [4.78, 5) is 26.0. The first-order valence-electron chi connectivity index (χ1n) is 8.48. The quantitative estimate of drug-likeness (QED) is 0.667. The molecule has 1 atom stereocenters. The molecule has 1 fully saturated rings. The van der Waals surface area contributed by atoms with E-state index in [0.29, 0.717) is 24.4 Å². The Balaban J connectivity index is 1.84. The standard InChI is InChI=1S/C17H25N3O5S/c1-3-20(10-16(21)18-13-8-9-26(23,24)12-13)11-17(22)19-14-6-4-5-7-15(14)25-2/h4-7,13H,3,8-12H2,1-2H3,(H,18,21)(H,19,22)/t13-/m1/s1. The van der Waals surface area contributed by atoms with Crippen molar-refractivity contribution in [1.29, 1.82) is 0 Å². The lowest BCUT2D eigenvalue weighted by molar-refractivity contribution is -0.123. The smallest absolute Gasteiger partial charge is 0.238 e. The van der Waals surface area contributed by atoms with Crippen LogP contribution in [-0.4, -0.2) is 69.4 Å². The van der Waals surface area contributed by atoms with E-state index in [1.165, 1.54) is 7.11 Å². The number of benzene rings is 1. The van der Waals surface area contributed by atoms with Gasteiger partial charge in [0.25, 0.3) is 0 Å². The number of anilines is 1. The van der Waals surface area contributed by atoms with Crippen LogP contribution in [0.25, 0.3) is 0 Å². The SMILES string of the molecule is CCN(CC(=O)Nc1ccccc1OC)CC(=O)N[C@@H]1CCS(=O)(=O)C1. The average Bonchev–Trinajstić information content (AvgIpc) is 2.93. The van der Waals surface area contributed by atoms with Crippen LogP contribution >= 0.6 is 0 Å². The minimum absolute atomic E-state index is 0.0147. The largest absolute Gasteiger partial charge is 0.495 e. The maximum Gasteiger partial charge on any atom is 0.238 e. The van der Waals surface area contributed by atoms with Gasteiger partial charge < -0.3 is 15.4 Å². The second-order valence-corrected chi connectivity index (χ2v) is 8.45. The molecule has 0 aliphatic carbocycles. The van der Waals surface area contributed by atoms with Gasteiger partial charge in [0.05, 0.1) is 37.4 Å². The predicted octanol–water partition coefficient (Wildman–Crippen LogP) is 0.259. The Hall–Kier alpha value is -2.13. The zero-order valence-electron chi connectivity index (χ0n) is 15.0. The van der Waals surface area contributed by atoms with E-state index in [2.05, 4.69) is 10.6 Å². The molecule has 1 aromatic carbocycles. The maximum atomic E-state index is 12.2. The normalized spacial score (nSPS) is 18.5. The number of amides is 2. The predicted molar refractivity (Wildman–Crippen MR) is 98.9 cm³/mol. The molecule has 0 unspecified atom stereocenters. The first-order valence-corrected chi connectivity index (χ1v) is 10.3. The molecule has 0 saturated carbocycles. The summed E-state index contributed by atoms with van der Waals surface area (Å²) in [7, 11) is -1.51. The van der Waals surface area contributed by atoms with Crippen LogP contribution in [0.15, 0.2) is 24.3 Å². The number of sulfone groups is 1. The van der Waals surface area contributed by atoms with Gasteiger partial charge in [-0.05, 0) is 25.1 Å². The number of hydrogen-bond donors (Lipinski definition) is 2. The van der Waals surface area contributed by atoms with Crippen molar-refractivity contribution in [2.24, 2.45) is 0 Å². The molecule has 1 aliphatic heterocycles. The van der Waals surface area contributed by atoms with E-state index >= 15 is 0 Å². The molecule has 0 radical (unpaired) electrons.